The van der Waals surface area contributed by atoms with Gasteiger partial charge in [0.05, 0.1) is 11.6 Å². The molecule has 0 aromatic heterocycles. The first-order valence-electron chi connectivity index (χ1n) is 11.0. The molecule has 0 spiro atoms. The van der Waals surface area contributed by atoms with Gasteiger partial charge in [0.15, 0.2) is 0 Å². The number of nitrogens with zero attached hydrogens (tertiary/aromatic N) is 2. The van der Waals surface area contributed by atoms with Crippen molar-refractivity contribution in [2.75, 3.05) is 29.9 Å². The Morgan fingerprint density at radius 1 is 1.00 bits per heavy atom. The van der Waals surface area contributed by atoms with Gasteiger partial charge in [-0.05, 0) is 43.5 Å². The molecule has 164 valence electrons. The fourth-order valence-electron chi connectivity index (χ4n) is 4.23. The minimum atomic E-state index is -0.455. The summed E-state index contributed by atoms with van der Waals surface area (Å²) in [5, 5.41) is 4.94. The van der Waals surface area contributed by atoms with Crippen LogP contribution in [0, 0.1) is 5.92 Å². The lowest BCUT2D eigenvalue weighted by Gasteiger charge is -2.20. The second-order valence-electron chi connectivity index (χ2n) is 7.95. The van der Waals surface area contributed by atoms with E-state index in [-0.39, 0.29) is 24.1 Å². The van der Waals surface area contributed by atoms with Crippen LogP contribution in [-0.4, -0.2) is 42.3 Å². The van der Waals surface area contributed by atoms with E-state index in [1.165, 1.54) is 0 Å². The Morgan fingerprint density at radius 2 is 1.72 bits per heavy atom. The van der Waals surface area contributed by atoms with Gasteiger partial charge < -0.3 is 15.1 Å². The maximum absolute atomic E-state index is 12.9. The highest BCUT2D eigenvalue weighted by Crippen LogP contribution is 2.32. The van der Waals surface area contributed by atoms with Crippen LogP contribution in [0.4, 0.5) is 11.4 Å². The number of hydrogen-bond donors (Lipinski definition) is 1. The predicted molar refractivity (Wildman–Crippen MR) is 127 cm³/mol. The normalized spacial score (nSPS) is 15.8. The van der Waals surface area contributed by atoms with E-state index in [9.17, 15) is 14.4 Å². The molecule has 3 amide bonds. The number of fused-ring (bicyclic) bond motifs is 1. The lowest BCUT2D eigenvalue weighted by Crippen LogP contribution is -2.30. The highest BCUT2D eigenvalue weighted by Gasteiger charge is 2.35. The average Bonchev–Trinajstić information content (AvgIpc) is 3.21. The summed E-state index contributed by atoms with van der Waals surface area (Å²) in [5.41, 5.74) is 1.92. The monoisotopic (exact) mass is 429 g/mol. The predicted octanol–water partition coefficient (Wildman–Crippen LogP) is 4.31. The van der Waals surface area contributed by atoms with Crippen LogP contribution in [-0.2, 0) is 9.59 Å². The summed E-state index contributed by atoms with van der Waals surface area (Å²) in [4.78, 5) is 41.8. The Labute approximate surface area is 187 Å². The molecule has 0 radical (unpaired) electrons. The number of benzene rings is 3. The molecule has 0 bridgehead atoms. The van der Waals surface area contributed by atoms with Crippen molar-refractivity contribution in [1.29, 1.82) is 0 Å². The summed E-state index contributed by atoms with van der Waals surface area (Å²) in [6.45, 7) is 5.45. The van der Waals surface area contributed by atoms with Crippen LogP contribution in [0.5, 0.6) is 0 Å². The molecule has 1 N–H and O–H groups in total. The van der Waals surface area contributed by atoms with Crippen LogP contribution in [0.2, 0.25) is 0 Å². The number of hydrogen-bond acceptors (Lipinski definition) is 3. The molecule has 1 atom stereocenters. The summed E-state index contributed by atoms with van der Waals surface area (Å²) in [6, 6.07) is 20.7. The quantitative estimate of drug-likeness (QED) is 0.635. The lowest BCUT2D eigenvalue weighted by atomic mass is 10.1. The van der Waals surface area contributed by atoms with Crippen LogP contribution in [0.1, 0.15) is 30.6 Å². The molecule has 0 aliphatic carbocycles. The Kier molecular flexibility index (Phi) is 6.21. The number of anilines is 2. The average molecular weight is 430 g/mol. The maximum atomic E-state index is 12.9. The van der Waals surface area contributed by atoms with Crippen molar-refractivity contribution in [2.45, 2.75) is 20.3 Å². The molecule has 1 aliphatic rings. The largest absolute Gasteiger partial charge is 0.339 e. The molecular weight excluding hydrogens is 402 g/mol. The van der Waals surface area contributed by atoms with E-state index in [0.29, 0.717) is 30.9 Å². The minimum absolute atomic E-state index is 0.0630. The van der Waals surface area contributed by atoms with E-state index in [1.807, 2.05) is 56.3 Å². The van der Waals surface area contributed by atoms with Gasteiger partial charge in [-0.1, -0.05) is 42.5 Å². The molecular formula is C26H27N3O3. The second kappa shape index (κ2) is 9.22. The van der Waals surface area contributed by atoms with E-state index in [0.717, 1.165) is 16.5 Å². The van der Waals surface area contributed by atoms with Gasteiger partial charge >= 0.3 is 0 Å². The molecule has 1 fully saturated rings. The van der Waals surface area contributed by atoms with Crippen molar-refractivity contribution < 1.29 is 14.4 Å². The smallest absolute Gasteiger partial charge is 0.253 e. The molecule has 1 aliphatic heterocycles. The lowest BCUT2D eigenvalue weighted by molar-refractivity contribution is -0.122. The van der Waals surface area contributed by atoms with Crippen LogP contribution in [0.15, 0.2) is 66.7 Å². The zero-order valence-electron chi connectivity index (χ0n) is 18.4. The minimum Gasteiger partial charge on any atom is -0.339 e. The van der Waals surface area contributed by atoms with Crippen LogP contribution < -0.4 is 10.2 Å². The van der Waals surface area contributed by atoms with Crippen molar-refractivity contribution >= 4 is 39.9 Å². The van der Waals surface area contributed by atoms with Crippen molar-refractivity contribution in [1.82, 2.24) is 4.90 Å². The Bertz CT molecular complexity index is 1160. The number of rotatable bonds is 6. The Morgan fingerprint density at radius 3 is 2.50 bits per heavy atom. The molecule has 3 aromatic rings. The maximum Gasteiger partial charge on any atom is 0.253 e. The summed E-state index contributed by atoms with van der Waals surface area (Å²) in [5.74, 6) is -0.798. The number of amides is 3. The van der Waals surface area contributed by atoms with Crippen molar-refractivity contribution in [3.05, 3.63) is 72.3 Å². The van der Waals surface area contributed by atoms with Crippen LogP contribution >= 0.6 is 0 Å². The first kappa shape index (κ1) is 21.6. The highest BCUT2D eigenvalue weighted by molar-refractivity contribution is 6.08. The van der Waals surface area contributed by atoms with Gasteiger partial charge in [-0.3, -0.25) is 14.4 Å². The fraction of sp³-hybridized carbons (Fsp3) is 0.269. The summed E-state index contributed by atoms with van der Waals surface area (Å²) in [6.07, 6.45) is 0.160. The van der Waals surface area contributed by atoms with Gasteiger partial charge in [0.1, 0.15) is 0 Å². The number of nitrogens with one attached hydrogen (secondary N) is 1. The first-order chi connectivity index (χ1) is 15.5. The molecule has 1 unspecified atom stereocenters. The van der Waals surface area contributed by atoms with Crippen molar-refractivity contribution in [3.8, 4) is 0 Å². The highest BCUT2D eigenvalue weighted by atomic mass is 16.2. The third-order valence-electron chi connectivity index (χ3n) is 5.98. The fourth-order valence-corrected chi connectivity index (χ4v) is 4.23. The number of carbonyl (C=O) groups is 3. The van der Waals surface area contributed by atoms with E-state index in [2.05, 4.69) is 5.32 Å². The van der Waals surface area contributed by atoms with Crippen molar-refractivity contribution in [2.24, 2.45) is 5.92 Å². The van der Waals surface area contributed by atoms with E-state index >= 15 is 0 Å². The van der Waals surface area contributed by atoms with Gasteiger partial charge in [0.25, 0.3) is 5.91 Å². The van der Waals surface area contributed by atoms with Gasteiger partial charge in [-0.15, -0.1) is 0 Å². The zero-order valence-corrected chi connectivity index (χ0v) is 18.4. The topological polar surface area (TPSA) is 69.7 Å². The third kappa shape index (κ3) is 4.21. The molecule has 3 aromatic carbocycles. The third-order valence-corrected chi connectivity index (χ3v) is 5.98. The number of carbonyl (C=O) groups excluding carboxylic acids is 3. The van der Waals surface area contributed by atoms with Gasteiger partial charge in [-0.25, -0.2) is 0 Å². The van der Waals surface area contributed by atoms with Crippen molar-refractivity contribution in [3.63, 3.8) is 0 Å². The molecule has 32 heavy (non-hydrogen) atoms. The van der Waals surface area contributed by atoms with E-state index in [4.69, 9.17) is 0 Å². The SMILES string of the molecule is CCN(CC)C(=O)c1cccc(NC(=O)C2CC(=O)N(c3cccc4ccccc34)C2)c1. The van der Waals surface area contributed by atoms with Crippen LogP contribution in [0.25, 0.3) is 10.8 Å². The summed E-state index contributed by atoms with van der Waals surface area (Å²) < 4.78 is 0. The first-order valence-corrected chi connectivity index (χ1v) is 11.0. The van der Waals surface area contributed by atoms with E-state index < -0.39 is 5.92 Å². The molecule has 1 saturated heterocycles. The van der Waals surface area contributed by atoms with E-state index in [1.54, 1.807) is 34.1 Å². The van der Waals surface area contributed by atoms with Gasteiger partial charge in [0, 0.05) is 42.7 Å². The molecule has 6 heteroatoms. The second-order valence-corrected chi connectivity index (χ2v) is 7.95. The van der Waals surface area contributed by atoms with Gasteiger partial charge in [-0.2, -0.15) is 0 Å². The Hall–Kier alpha value is -3.67. The molecule has 6 nitrogen and oxygen atoms in total. The molecule has 0 saturated carbocycles. The molecule has 1 heterocycles. The standard InChI is InChI=1S/C26H27N3O3/c1-3-28(4-2)26(32)19-11-7-12-21(15-19)27-25(31)20-16-24(30)29(17-20)23-14-8-10-18-9-5-6-13-22(18)23/h5-15,20H,3-4,16-17H2,1-2H3,(H,27,31). The summed E-state index contributed by atoms with van der Waals surface area (Å²) in [7, 11) is 0. The van der Waals surface area contributed by atoms with Crippen LogP contribution in [0.3, 0.4) is 0 Å². The van der Waals surface area contributed by atoms with Gasteiger partial charge in [0.2, 0.25) is 11.8 Å². The zero-order chi connectivity index (χ0) is 22.7. The Balaban J connectivity index is 1.49. The molecule has 4 rings (SSSR count). The summed E-state index contributed by atoms with van der Waals surface area (Å²) >= 11 is 0.